The van der Waals surface area contributed by atoms with Crippen LogP contribution >= 0.6 is 11.8 Å². The third kappa shape index (κ3) is 6.35. The summed E-state index contributed by atoms with van der Waals surface area (Å²) in [6.45, 7) is 2.15. The number of imidazole rings is 1. The van der Waals surface area contributed by atoms with E-state index in [0.29, 0.717) is 21.2 Å². The number of aromatic nitrogens is 4. The summed E-state index contributed by atoms with van der Waals surface area (Å²) in [5, 5.41) is 35.8. The van der Waals surface area contributed by atoms with Crippen molar-refractivity contribution >= 4 is 40.3 Å². The van der Waals surface area contributed by atoms with Crippen LogP contribution in [0.3, 0.4) is 0 Å². The number of anilines is 1. The second-order valence-corrected chi connectivity index (χ2v) is 10.9. The molecule has 0 unspecified atom stereocenters. The Balaban J connectivity index is 1.37. The van der Waals surface area contributed by atoms with Gasteiger partial charge in [0.25, 0.3) is 11.8 Å². The maximum atomic E-state index is 13.3. The zero-order valence-corrected chi connectivity index (χ0v) is 24.6. The second kappa shape index (κ2) is 12.9. The van der Waals surface area contributed by atoms with E-state index in [2.05, 4.69) is 26.1 Å². The molecule has 6 N–H and O–H groups in total. The van der Waals surface area contributed by atoms with E-state index in [1.165, 1.54) is 30.4 Å². The molecule has 0 radical (unpaired) electrons. The Morgan fingerprint density at radius 3 is 2.50 bits per heavy atom. The maximum Gasteiger partial charge on any atom is 0.257 e. The van der Waals surface area contributed by atoms with Crippen molar-refractivity contribution in [3.8, 4) is 11.5 Å². The van der Waals surface area contributed by atoms with Crippen molar-refractivity contribution in [2.75, 3.05) is 12.0 Å². The molecule has 5 rings (SSSR count). The monoisotopic (exact) mass is 615 g/mol. The highest BCUT2D eigenvalue weighted by atomic mass is 32.2. The Bertz CT molecular complexity index is 1940. The quantitative estimate of drug-likeness (QED) is 0.101. The highest BCUT2D eigenvalue weighted by Crippen LogP contribution is 2.34. The largest absolute Gasteiger partial charge is 0.504 e. The Morgan fingerprint density at radius 1 is 0.977 bits per heavy atom. The van der Waals surface area contributed by atoms with Gasteiger partial charge >= 0.3 is 0 Å². The Morgan fingerprint density at radius 2 is 1.73 bits per heavy atom. The van der Waals surface area contributed by atoms with Gasteiger partial charge in [0.05, 0.1) is 35.0 Å². The number of aromatic hydroxyl groups is 2. The number of aryl methyl sites for hydroxylation is 2. The number of nitrogens with zero attached hydrogens (tertiary/aromatic N) is 4. The smallest absolute Gasteiger partial charge is 0.257 e. The van der Waals surface area contributed by atoms with E-state index in [-0.39, 0.29) is 47.8 Å². The first-order valence-electron chi connectivity index (χ1n) is 13.4. The lowest BCUT2D eigenvalue weighted by Gasteiger charge is -2.15. The minimum Gasteiger partial charge on any atom is -0.504 e. The number of hydrogen-bond donors (Lipinski definition) is 6. The molecule has 2 amide bonds. The molecule has 0 spiro atoms. The summed E-state index contributed by atoms with van der Waals surface area (Å²) >= 11 is 1.25. The van der Waals surface area contributed by atoms with E-state index in [1.807, 2.05) is 19.1 Å². The number of benzene rings is 2. The molecule has 0 aliphatic carbocycles. The number of carbonyl (C=O) groups excluding carboxylic acids is 2. The van der Waals surface area contributed by atoms with Crippen molar-refractivity contribution in [3.05, 3.63) is 99.9 Å². The van der Waals surface area contributed by atoms with Crippen molar-refractivity contribution in [2.24, 2.45) is 7.05 Å². The first-order valence-corrected chi connectivity index (χ1v) is 14.2. The molecule has 0 bridgehead atoms. The minimum atomic E-state index is -0.636. The lowest BCUT2D eigenvalue weighted by molar-refractivity contribution is 0.0939. The lowest BCUT2D eigenvalue weighted by Crippen LogP contribution is -2.31. The molecule has 0 fully saturated rings. The third-order valence-corrected chi connectivity index (χ3v) is 8.01. The van der Waals surface area contributed by atoms with Crippen LogP contribution in [-0.2, 0) is 20.1 Å². The van der Waals surface area contributed by atoms with Gasteiger partial charge < -0.3 is 30.0 Å². The lowest BCUT2D eigenvalue weighted by atomic mass is 10.1. The average Bonchev–Trinajstić information content (AvgIpc) is 3.36. The number of fused-ring (bicyclic) bond motifs is 1. The molecule has 226 valence electrons. The molecule has 0 saturated carbocycles. The molecule has 0 aliphatic heterocycles. The first-order chi connectivity index (χ1) is 21.2. The number of pyridine rings is 2. The van der Waals surface area contributed by atoms with Gasteiger partial charge in [-0.2, -0.15) is 0 Å². The molecule has 0 saturated heterocycles. The molecule has 5 aromatic rings. The summed E-state index contributed by atoms with van der Waals surface area (Å²) < 4.78 is 3.27. The Kier molecular flexibility index (Phi) is 8.83. The van der Waals surface area contributed by atoms with Gasteiger partial charge in [-0.15, -0.1) is 0 Å². The summed E-state index contributed by atoms with van der Waals surface area (Å²) in [7, 11) is 1.76. The van der Waals surface area contributed by atoms with Crippen LogP contribution < -0.4 is 21.5 Å². The van der Waals surface area contributed by atoms with Gasteiger partial charge in [0, 0.05) is 43.0 Å². The summed E-state index contributed by atoms with van der Waals surface area (Å²) in [5.41, 5.74) is 3.32. The fourth-order valence-corrected chi connectivity index (χ4v) is 5.59. The predicted molar refractivity (Wildman–Crippen MR) is 163 cm³/mol. The standard InChI is InChI=1S/C30H29N7O6S/c1-17-6-5-7-18(34-17)14-32-29(42)21-15-37(22-13-24(39)23(38)12-20(22)26(21)40)11-10-31-28(41)19-8-3-4-9-25(19)44-30-27(35-43)33-16-36(30)2/h3-9,12-13,15-16,35,38-39,43H,10-11,14H2,1-2H3,(H,31,41)(H,32,42). The predicted octanol–water partition coefficient (Wildman–Crippen LogP) is 3.16. The van der Waals surface area contributed by atoms with E-state index >= 15 is 0 Å². The van der Waals surface area contributed by atoms with Crippen LogP contribution in [0.5, 0.6) is 11.5 Å². The molecule has 13 nitrogen and oxygen atoms in total. The van der Waals surface area contributed by atoms with E-state index in [4.69, 9.17) is 0 Å². The van der Waals surface area contributed by atoms with Crippen molar-refractivity contribution in [3.63, 3.8) is 0 Å². The fraction of sp³-hybridized carbons (Fsp3) is 0.167. The van der Waals surface area contributed by atoms with Crippen molar-refractivity contribution in [1.82, 2.24) is 29.7 Å². The van der Waals surface area contributed by atoms with Crippen LogP contribution in [0.2, 0.25) is 0 Å². The zero-order valence-electron chi connectivity index (χ0n) is 23.7. The highest BCUT2D eigenvalue weighted by molar-refractivity contribution is 7.99. The Labute approximate surface area is 255 Å². The molecule has 2 aromatic carbocycles. The summed E-state index contributed by atoms with van der Waals surface area (Å²) in [6.07, 6.45) is 2.89. The minimum absolute atomic E-state index is 0.0270. The second-order valence-electron chi connectivity index (χ2n) is 9.85. The number of carbonyl (C=O) groups is 2. The molecule has 0 aliphatic rings. The average molecular weight is 616 g/mol. The van der Waals surface area contributed by atoms with Crippen molar-refractivity contribution in [2.45, 2.75) is 29.9 Å². The highest BCUT2D eigenvalue weighted by Gasteiger charge is 2.19. The van der Waals surface area contributed by atoms with Gasteiger partial charge in [0.2, 0.25) is 5.43 Å². The number of amides is 2. The normalized spacial score (nSPS) is 11.0. The summed E-state index contributed by atoms with van der Waals surface area (Å²) in [5.74, 6) is -1.69. The SMILES string of the molecule is Cc1cccc(CNC(=O)c2cn(CCNC(=O)c3ccccc3Sc3c(NO)ncn3C)c3cc(O)c(O)cc3c2=O)n1. The van der Waals surface area contributed by atoms with E-state index < -0.39 is 22.8 Å². The molecule has 0 atom stereocenters. The number of phenols is 2. The summed E-state index contributed by atoms with van der Waals surface area (Å²) in [6, 6.07) is 14.7. The van der Waals surface area contributed by atoms with Crippen molar-refractivity contribution in [1.29, 1.82) is 0 Å². The molecular weight excluding hydrogens is 586 g/mol. The van der Waals surface area contributed by atoms with Crippen LogP contribution in [0.4, 0.5) is 5.82 Å². The van der Waals surface area contributed by atoms with E-state index in [9.17, 15) is 29.8 Å². The van der Waals surface area contributed by atoms with Gasteiger partial charge in [-0.1, -0.05) is 30.0 Å². The van der Waals surface area contributed by atoms with Gasteiger partial charge in [-0.05, 0) is 37.3 Å². The number of nitrogens with one attached hydrogen (secondary N) is 3. The molecule has 3 heterocycles. The zero-order chi connectivity index (χ0) is 31.4. The van der Waals surface area contributed by atoms with Crippen LogP contribution in [0.15, 0.2) is 81.8 Å². The first kappa shape index (κ1) is 30.1. The van der Waals surface area contributed by atoms with Crippen LogP contribution in [0.1, 0.15) is 32.1 Å². The Hall–Kier alpha value is -5.34. The van der Waals surface area contributed by atoms with Gasteiger partial charge in [-0.25, -0.2) is 10.5 Å². The number of rotatable bonds is 10. The maximum absolute atomic E-state index is 13.3. The fourth-order valence-electron chi connectivity index (χ4n) is 4.57. The van der Waals surface area contributed by atoms with Crippen LogP contribution in [0.25, 0.3) is 10.9 Å². The van der Waals surface area contributed by atoms with Gasteiger partial charge in [0.15, 0.2) is 17.3 Å². The third-order valence-electron chi connectivity index (χ3n) is 6.76. The summed E-state index contributed by atoms with van der Waals surface area (Å²) in [4.78, 5) is 48.7. The molecule has 3 aromatic heterocycles. The van der Waals surface area contributed by atoms with Crippen LogP contribution in [0, 0.1) is 6.92 Å². The molecule has 44 heavy (non-hydrogen) atoms. The van der Waals surface area contributed by atoms with Gasteiger partial charge in [-0.3, -0.25) is 24.6 Å². The van der Waals surface area contributed by atoms with Gasteiger partial charge in [0.1, 0.15) is 10.6 Å². The number of hydrogen-bond acceptors (Lipinski definition) is 10. The van der Waals surface area contributed by atoms with E-state index in [1.54, 1.807) is 46.5 Å². The van der Waals surface area contributed by atoms with Crippen molar-refractivity contribution < 1.29 is 25.0 Å². The van der Waals surface area contributed by atoms with E-state index in [0.717, 1.165) is 11.8 Å². The topological polar surface area (TPSA) is 184 Å². The number of phenolic OH excluding ortho intramolecular Hbond substituents is 2. The molecule has 14 heteroatoms. The van der Waals surface area contributed by atoms with Crippen LogP contribution in [-0.4, -0.2) is 52.9 Å². The molecular formula is C30H29N7O6S.